The van der Waals surface area contributed by atoms with E-state index in [-0.39, 0.29) is 16.5 Å². The Hall–Kier alpha value is -2.45. The number of sulfone groups is 1. The zero-order valence-corrected chi connectivity index (χ0v) is 16.9. The molecule has 0 bridgehead atoms. The molecule has 1 aromatic heterocycles. The minimum Gasteiger partial charge on any atom is -0.456 e. The molecule has 0 atom stereocenters. The second-order valence-electron chi connectivity index (χ2n) is 6.59. The molecule has 7 nitrogen and oxygen atoms in total. The van der Waals surface area contributed by atoms with Crippen molar-refractivity contribution in [2.75, 3.05) is 18.8 Å². The molecule has 0 N–H and O–H groups in total. The number of pyridine rings is 1. The van der Waals surface area contributed by atoms with Crippen LogP contribution in [-0.4, -0.2) is 49.3 Å². The van der Waals surface area contributed by atoms with Crippen molar-refractivity contribution in [1.29, 1.82) is 0 Å². The van der Waals surface area contributed by atoms with Gasteiger partial charge in [0.15, 0.2) is 9.84 Å². The third-order valence-corrected chi connectivity index (χ3v) is 6.59. The van der Waals surface area contributed by atoms with Crippen LogP contribution in [0.4, 0.5) is 5.69 Å². The van der Waals surface area contributed by atoms with Crippen molar-refractivity contribution < 1.29 is 13.2 Å². The minimum atomic E-state index is -3.26. The predicted molar refractivity (Wildman–Crippen MR) is 110 cm³/mol. The van der Waals surface area contributed by atoms with Gasteiger partial charge >= 0.3 is 0 Å². The maximum absolute atomic E-state index is 12.1. The van der Waals surface area contributed by atoms with Crippen LogP contribution >= 0.6 is 11.6 Å². The molecule has 0 radical (unpaired) electrons. The van der Waals surface area contributed by atoms with Gasteiger partial charge < -0.3 is 9.64 Å². The Bertz CT molecular complexity index is 1080. The van der Waals surface area contributed by atoms with Crippen LogP contribution < -0.4 is 4.74 Å². The van der Waals surface area contributed by atoms with Crippen molar-refractivity contribution in [3.8, 4) is 11.5 Å². The summed E-state index contributed by atoms with van der Waals surface area (Å²) in [6, 6.07) is 7.15. The van der Waals surface area contributed by atoms with Crippen molar-refractivity contribution in [2.45, 2.75) is 19.1 Å². The van der Waals surface area contributed by atoms with E-state index in [0.29, 0.717) is 23.6 Å². The summed E-state index contributed by atoms with van der Waals surface area (Å²) in [6.45, 7) is 3.37. The first-order valence-electron chi connectivity index (χ1n) is 8.98. The molecule has 9 heteroatoms. The van der Waals surface area contributed by atoms with Gasteiger partial charge in [0, 0.05) is 24.4 Å². The van der Waals surface area contributed by atoms with Crippen molar-refractivity contribution in [2.24, 2.45) is 9.98 Å². The molecule has 0 unspecified atom stereocenters. The number of aliphatic imine (C=N–C) groups is 2. The number of amidine groups is 1. The van der Waals surface area contributed by atoms with Gasteiger partial charge in [0.05, 0.1) is 35.8 Å². The topological polar surface area (TPSA) is 84.2 Å². The highest BCUT2D eigenvalue weighted by Crippen LogP contribution is 2.35. The summed E-state index contributed by atoms with van der Waals surface area (Å²) in [7, 11) is -3.26. The second kappa shape index (κ2) is 7.52. The third kappa shape index (κ3) is 3.74. The fourth-order valence-electron chi connectivity index (χ4n) is 3.18. The Morgan fingerprint density at radius 3 is 2.96 bits per heavy atom. The molecule has 4 rings (SSSR count). The predicted octanol–water partition coefficient (Wildman–Crippen LogP) is 3.59. The van der Waals surface area contributed by atoms with E-state index in [1.54, 1.807) is 18.5 Å². The molecule has 0 saturated heterocycles. The van der Waals surface area contributed by atoms with Gasteiger partial charge in [0.25, 0.3) is 0 Å². The standard InChI is InChI=1S/C19H19ClN4O3S/c1-2-9-28(25,26)11-16-18(20)17(5-6-21-16)27-13-3-4-15-14(10-13)19-22-7-8-24(19)12-23-15/h3-6,10,12H,2,7-9,11H2,1H3. The Morgan fingerprint density at radius 1 is 1.29 bits per heavy atom. The summed E-state index contributed by atoms with van der Waals surface area (Å²) >= 11 is 6.39. The van der Waals surface area contributed by atoms with Gasteiger partial charge in [-0.2, -0.15) is 0 Å². The number of nitrogens with zero attached hydrogens (tertiary/aromatic N) is 4. The number of rotatable bonds is 6. The summed E-state index contributed by atoms with van der Waals surface area (Å²) in [5, 5.41) is 0.206. The number of hydrogen-bond donors (Lipinski definition) is 0. The molecule has 2 aromatic rings. The highest BCUT2D eigenvalue weighted by Gasteiger charge is 2.24. The first kappa shape index (κ1) is 18.9. The molecule has 2 aliphatic heterocycles. The van der Waals surface area contributed by atoms with Crippen LogP contribution in [0.2, 0.25) is 5.02 Å². The molecule has 0 saturated carbocycles. The Kier molecular flexibility index (Phi) is 5.07. The maximum Gasteiger partial charge on any atom is 0.156 e. The summed E-state index contributed by atoms with van der Waals surface area (Å²) in [4.78, 5) is 15.1. The van der Waals surface area contributed by atoms with Gasteiger partial charge in [-0.3, -0.25) is 9.98 Å². The van der Waals surface area contributed by atoms with Crippen LogP contribution in [0.25, 0.3) is 0 Å². The molecular weight excluding hydrogens is 400 g/mol. The van der Waals surface area contributed by atoms with Crippen molar-refractivity contribution in [3.05, 3.63) is 46.7 Å². The van der Waals surface area contributed by atoms with E-state index in [4.69, 9.17) is 16.3 Å². The largest absolute Gasteiger partial charge is 0.456 e. The lowest BCUT2D eigenvalue weighted by atomic mass is 10.1. The molecule has 1 aromatic carbocycles. The Balaban J connectivity index is 1.61. The van der Waals surface area contributed by atoms with Crippen LogP contribution in [-0.2, 0) is 15.6 Å². The highest BCUT2D eigenvalue weighted by atomic mass is 35.5. The first-order chi connectivity index (χ1) is 13.5. The smallest absolute Gasteiger partial charge is 0.156 e. The lowest BCUT2D eigenvalue weighted by molar-refractivity contribution is 0.481. The molecule has 3 heterocycles. The third-order valence-electron chi connectivity index (χ3n) is 4.45. The summed E-state index contributed by atoms with van der Waals surface area (Å²) in [5.74, 6) is 1.70. The monoisotopic (exact) mass is 418 g/mol. The van der Waals surface area contributed by atoms with Gasteiger partial charge in [-0.1, -0.05) is 18.5 Å². The molecule has 2 aliphatic rings. The molecule has 146 valence electrons. The van der Waals surface area contributed by atoms with E-state index in [1.165, 1.54) is 6.20 Å². The lowest BCUT2D eigenvalue weighted by Crippen LogP contribution is -2.29. The van der Waals surface area contributed by atoms with Crippen LogP contribution in [0.15, 0.2) is 40.4 Å². The number of fused-ring (bicyclic) bond motifs is 3. The molecule has 0 aliphatic carbocycles. The fourth-order valence-corrected chi connectivity index (χ4v) is 4.88. The normalized spacial score (nSPS) is 15.2. The van der Waals surface area contributed by atoms with E-state index in [0.717, 1.165) is 30.2 Å². The van der Waals surface area contributed by atoms with Crippen molar-refractivity contribution >= 4 is 39.3 Å². The number of benzene rings is 1. The number of ether oxygens (including phenoxy) is 1. The first-order valence-corrected chi connectivity index (χ1v) is 11.2. The number of aromatic nitrogens is 1. The van der Waals surface area contributed by atoms with Crippen LogP contribution in [0.3, 0.4) is 0 Å². The molecule has 0 fully saturated rings. The summed E-state index contributed by atoms with van der Waals surface area (Å²) < 4.78 is 30.2. The Morgan fingerprint density at radius 2 is 2.14 bits per heavy atom. The zero-order chi connectivity index (χ0) is 19.7. The van der Waals surface area contributed by atoms with Crippen molar-refractivity contribution in [1.82, 2.24) is 9.88 Å². The van der Waals surface area contributed by atoms with E-state index in [9.17, 15) is 8.42 Å². The minimum absolute atomic E-state index is 0.0973. The van der Waals surface area contributed by atoms with Gasteiger partial charge in [-0.05, 0) is 24.6 Å². The van der Waals surface area contributed by atoms with Gasteiger partial charge in [0.1, 0.15) is 22.4 Å². The summed E-state index contributed by atoms with van der Waals surface area (Å²) in [6.07, 6.45) is 3.84. The SMILES string of the molecule is CCCS(=O)(=O)Cc1nccc(Oc2ccc3c(c2)C2=NCCN2C=N3)c1Cl. The van der Waals surface area contributed by atoms with E-state index >= 15 is 0 Å². The van der Waals surface area contributed by atoms with E-state index < -0.39 is 9.84 Å². The Labute approximate surface area is 168 Å². The molecule has 28 heavy (non-hydrogen) atoms. The van der Waals surface area contributed by atoms with E-state index in [2.05, 4.69) is 15.0 Å². The van der Waals surface area contributed by atoms with Gasteiger partial charge in [-0.25, -0.2) is 13.4 Å². The fraction of sp³-hybridized carbons (Fsp3) is 0.316. The second-order valence-corrected chi connectivity index (χ2v) is 9.15. The van der Waals surface area contributed by atoms with Gasteiger partial charge in [-0.15, -0.1) is 0 Å². The van der Waals surface area contributed by atoms with E-state index in [1.807, 2.05) is 24.0 Å². The lowest BCUT2D eigenvalue weighted by Gasteiger charge is -2.21. The van der Waals surface area contributed by atoms with Crippen LogP contribution in [0.1, 0.15) is 24.6 Å². The van der Waals surface area contributed by atoms with Crippen molar-refractivity contribution in [3.63, 3.8) is 0 Å². The summed E-state index contributed by atoms with van der Waals surface area (Å²) in [5.41, 5.74) is 2.02. The maximum atomic E-state index is 12.1. The highest BCUT2D eigenvalue weighted by molar-refractivity contribution is 7.90. The molecule has 0 spiro atoms. The van der Waals surface area contributed by atoms with Gasteiger partial charge in [0.2, 0.25) is 0 Å². The van der Waals surface area contributed by atoms with Crippen LogP contribution in [0.5, 0.6) is 11.5 Å². The average Bonchev–Trinajstić information content (AvgIpc) is 3.14. The van der Waals surface area contributed by atoms with Crippen LogP contribution in [0, 0.1) is 0 Å². The number of hydrogen-bond acceptors (Lipinski definition) is 7. The average molecular weight is 419 g/mol. The zero-order valence-electron chi connectivity index (χ0n) is 15.3. The molecule has 0 amide bonds. The quantitative estimate of drug-likeness (QED) is 0.715. The number of halogens is 1. The molecular formula is C19H19ClN4O3S.